The lowest BCUT2D eigenvalue weighted by atomic mass is 10.0. The van der Waals surface area contributed by atoms with E-state index in [1.54, 1.807) is 0 Å². The van der Waals surface area contributed by atoms with E-state index in [1.807, 2.05) is 5.38 Å². The van der Waals surface area contributed by atoms with Gasteiger partial charge in [-0.05, 0) is 12.2 Å². The van der Waals surface area contributed by atoms with Crippen molar-refractivity contribution in [2.75, 3.05) is 18.0 Å². The Morgan fingerprint density at radius 3 is 2.78 bits per heavy atom. The van der Waals surface area contributed by atoms with Crippen LogP contribution in [0, 0.1) is 0 Å². The van der Waals surface area contributed by atoms with Gasteiger partial charge >= 0.3 is 5.97 Å². The first-order chi connectivity index (χ1) is 17.6. The third-order valence-electron chi connectivity index (χ3n) is 4.99. The van der Waals surface area contributed by atoms with Crippen LogP contribution in [-0.4, -0.2) is 77.5 Å². The number of carbonyl (C=O) groups is 3. The van der Waals surface area contributed by atoms with Crippen molar-refractivity contribution in [2.45, 2.75) is 22.2 Å². The summed E-state index contributed by atoms with van der Waals surface area (Å²) < 4.78 is 0.662. The average molecular weight is 621 g/mol. The van der Waals surface area contributed by atoms with Gasteiger partial charge in [0.15, 0.2) is 20.3 Å². The van der Waals surface area contributed by atoms with Crippen LogP contribution in [0.5, 0.6) is 0 Å². The molecule has 2 aliphatic rings. The fraction of sp³-hybridized carbons (Fsp3) is 0.278. The first-order valence-corrected chi connectivity index (χ1v) is 14.5. The number of nitrogens with zero attached hydrogens (tertiary/aromatic N) is 4. The number of fused-ring (bicyclic) bond motifs is 1. The van der Waals surface area contributed by atoms with E-state index in [-0.39, 0.29) is 31.7 Å². The molecule has 0 saturated carbocycles. The van der Waals surface area contributed by atoms with Crippen molar-refractivity contribution in [3.8, 4) is 0 Å². The number of thioether (sulfide) groups is 2. The van der Waals surface area contributed by atoms with E-state index in [2.05, 4.69) is 25.8 Å². The fourth-order valence-electron chi connectivity index (χ4n) is 3.41. The second-order valence-electron chi connectivity index (χ2n) is 7.31. The zero-order chi connectivity index (χ0) is 26.9. The van der Waals surface area contributed by atoms with Crippen molar-refractivity contribution in [1.29, 1.82) is 0 Å². The van der Waals surface area contributed by atoms with Gasteiger partial charge in [0.2, 0.25) is 0 Å². The summed E-state index contributed by atoms with van der Waals surface area (Å²) in [5.41, 5.74) is 11.0. The zero-order valence-electron chi connectivity index (χ0n) is 18.3. The van der Waals surface area contributed by atoms with Crippen LogP contribution in [-0.2, 0) is 20.8 Å². The molecule has 13 nitrogen and oxygen atoms in total. The van der Waals surface area contributed by atoms with Crippen LogP contribution < -0.4 is 22.1 Å². The van der Waals surface area contributed by atoms with E-state index < -0.39 is 34.9 Å². The molecule has 4 rings (SSSR count). The number of thiocarbonyl (C=S) groups is 1. The topological polar surface area (TPSA) is 209 Å². The first kappa shape index (κ1) is 27.4. The highest BCUT2D eigenvalue weighted by atomic mass is 35.5. The van der Waals surface area contributed by atoms with Gasteiger partial charge in [0.05, 0.1) is 5.69 Å². The number of nitrogen functional groups attached to an aromatic ring is 1. The summed E-state index contributed by atoms with van der Waals surface area (Å²) in [6, 6.07) is -1.04. The van der Waals surface area contributed by atoms with Crippen molar-refractivity contribution < 1.29 is 24.7 Å². The number of thiazole rings is 2. The van der Waals surface area contributed by atoms with E-state index in [9.17, 15) is 24.7 Å². The largest absolute Gasteiger partial charge is 0.477 e. The Balaban J connectivity index is 1.46. The lowest BCUT2D eigenvalue weighted by Crippen LogP contribution is -2.71. The molecule has 4 heterocycles. The predicted molar refractivity (Wildman–Crippen MR) is 146 cm³/mol. The molecule has 2 amide bonds. The molecule has 1 saturated heterocycles. The Morgan fingerprint density at radius 2 is 2.16 bits per heavy atom. The Hall–Kier alpha value is -2.64. The molecular formula is C18H17ClN8O5S5. The lowest BCUT2D eigenvalue weighted by Gasteiger charge is -2.49. The Kier molecular flexibility index (Phi) is 8.44. The van der Waals surface area contributed by atoms with Gasteiger partial charge in [-0.1, -0.05) is 39.9 Å². The number of nitrogens with two attached hydrogens (primary N) is 2. The number of aliphatic carboxylic acids is 1. The summed E-state index contributed by atoms with van der Waals surface area (Å²) in [6.45, 7) is 0.518. The number of aromatic nitrogens is 2. The molecular weight excluding hydrogens is 604 g/mol. The quantitative estimate of drug-likeness (QED) is 0.0757. The highest BCUT2D eigenvalue weighted by Crippen LogP contribution is 2.45. The minimum Gasteiger partial charge on any atom is -0.477 e. The minimum atomic E-state index is -1.27. The highest BCUT2D eigenvalue weighted by molar-refractivity contribution is 8.07. The summed E-state index contributed by atoms with van der Waals surface area (Å²) in [5.74, 6) is -2.52. The monoisotopic (exact) mass is 620 g/mol. The molecule has 2 aromatic heterocycles. The van der Waals surface area contributed by atoms with E-state index >= 15 is 0 Å². The standard InChI is InChI=1S/C18H17ClN8O5S5/c19-11-7(25-17(21)37-11)8(26-32)12(28)24-9-13(29)27-10(15(30)31)6(4-34-14(9)27)36-18-23-5(3-35-18)1-2-22-16(20)33/h3,9,14,32H,1-2,4H2,(H2,21,25)(H,24,28)(H,30,31)(H3,20,22,33)/b26-8-/t9-,14-/m1/s1. The van der Waals surface area contributed by atoms with Gasteiger partial charge in [-0.25, -0.2) is 14.8 Å². The van der Waals surface area contributed by atoms with Crippen LogP contribution in [0.2, 0.25) is 4.34 Å². The van der Waals surface area contributed by atoms with Crippen LogP contribution in [0.3, 0.4) is 0 Å². The summed E-state index contributed by atoms with van der Waals surface area (Å²) in [4.78, 5) is 47.7. The number of carbonyl (C=O) groups excluding carboxylic acids is 2. The summed E-state index contributed by atoms with van der Waals surface area (Å²) in [6.07, 6.45) is 0.583. The third kappa shape index (κ3) is 5.78. The maximum Gasteiger partial charge on any atom is 0.353 e. The SMILES string of the molecule is NC(=S)NCCc1csc(SC2=C(C(=O)O)N3C(=O)[C@@H](NC(=O)/C(=N\O)c4nc(N)sc4Cl)[C@H]3SC2)n1. The minimum absolute atomic E-state index is 0.0382. The van der Waals surface area contributed by atoms with Crippen LogP contribution in [0.1, 0.15) is 11.4 Å². The van der Waals surface area contributed by atoms with Crippen molar-refractivity contribution in [1.82, 2.24) is 25.5 Å². The molecule has 0 radical (unpaired) electrons. The molecule has 0 bridgehead atoms. The van der Waals surface area contributed by atoms with Crippen molar-refractivity contribution in [2.24, 2.45) is 10.9 Å². The second-order valence-corrected chi connectivity index (χ2v) is 12.7. The van der Waals surface area contributed by atoms with Gasteiger partial charge in [0.1, 0.15) is 27.1 Å². The number of amides is 2. The van der Waals surface area contributed by atoms with Gasteiger partial charge in [-0.2, -0.15) is 0 Å². The Morgan fingerprint density at radius 1 is 1.41 bits per heavy atom. The number of oxime groups is 1. The number of halogens is 1. The third-order valence-corrected chi connectivity index (χ3v) is 9.75. The maximum absolute atomic E-state index is 12.9. The number of carboxylic acid groups (broad SMARTS) is 1. The van der Waals surface area contributed by atoms with Gasteiger partial charge in [0, 0.05) is 29.0 Å². The first-order valence-electron chi connectivity index (χ1n) is 10.1. The van der Waals surface area contributed by atoms with E-state index in [0.717, 1.165) is 21.9 Å². The molecule has 0 aromatic carbocycles. The normalized spacial score (nSPS) is 19.3. The molecule has 19 heteroatoms. The number of β-lactam (4-membered cyclic amide) rings is 1. The fourth-order valence-corrected chi connectivity index (χ4v) is 7.95. The second kappa shape index (κ2) is 11.4. The van der Waals surface area contributed by atoms with E-state index in [4.69, 9.17) is 35.3 Å². The van der Waals surface area contributed by atoms with Gasteiger partial charge in [0.25, 0.3) is 11.8 Å². The van der Waals surface area contributed by atoms with Gasteiger partial charge < -0.3 is 32.4 Å². The number of hydrogen-bond acceptors (Lipinski definition) is 13. The van der Waals surface area contributed by atoms with Crippen LogP contribution in [0.4, 0.5) is 5.13 Å². The Labute approximate surface area is 235 Å². The molecule has 8 N–H and O–H groups in total. The van der Waals surface area contributed by atoms with Gasteiger partial charge in [-0.15, -0.1) is 23.1 Å². The van der Waals surface area contributed by atoms with Crippen molar-refractivity contribution >= 4 is 104 Å². The molecule has 0 unspecified atom stereocenters. The highest BCUT2D eigenvalue weighted by Gasteiger charge is 2.54. The molecule has 37 heavy (non-hydrogen) atoms. The molecule has 1 fully saturated rings. The van der Waals surface area contributed by atoms with Crippen molar-refractivity contribution in [3.05, 3.63) is 31.7 Å². The molecule has 2 aromatic rings. The number of carboxylic acids is 1. The lowest BCUT2D eigenvalue weighted by molar-refractivity contribution is -0.150. The Bertz CT molecular complexity index is 1340. The average Bonchev–Trinajstić information content (AvgIpc) is 3.42. The van der Waals surface area contributed by atoms with E-state index in [0.29, 0.717) is 22.2 Å². The van der Waals surface area contributed by atoms with Crippen LogP contribution in [0.15, 0.2) is 25.5 Å². The summed E-state index contributed by atoms with van der Waals surface area (Å²) in [5, 5.41) is 28.9. The number of rotatable bonds is 9. The zero-order valence-corrected chi connectivity index (χ0v) is 23.2. The number of anilines is 1. The summed E-state index contributed by atoms with van der Waals surface area (Å²) >= 11 is 15.5. The van der Waals surface area contributed by atoms with Crippen molar-refractivity contribution in [3.63, 3.8) is 0 Å². The smallest absolute Gasteiger partial charge is 0.353 e. The molecule has 2 atom stereocenters. The molecule has 196 valence electrons. The molecule has 2 aliphatic heterocycles. The number of hydrogen-bond donors (Lipinski definition) is 6. The maximum atomic E-state index is 12.9. The summed E-state index contributed by atoms with van der Waals surface area (Å²) in [7, 11) is 0. The van der Waals surface area contributed by atoms with E-state index in [1.165, 1.54) is 34.9 Å². The van der Waals surface area contributed by atoms with Gasteiger partial charge in [-0.3, -0.25) is 14.5 Å². The molecule has 0 aliphatic carbocycles. The molecule has 0 spiro atoms. The van der Waals surface area contributed by atoms with Crippen LogP contribution >= 0.6 is 70.0 Å². The van der Waals surface area contributed by atoms with Crippen LogP contribution in [0.25, 0.3) is 0 Å². The number of nitrogens with one attached hydrogen (secondary N) is 2. The predicted octanol–water partition coefficient (Wildman–Crippen LogP) is 0.878.